The van der Waals surface area contributed by atoms with E-state index in [-0.39, 0.29) is 11.8 Å². The molecule has 3 rings (SSSR count). The molecule has 6 heteroatoms. The molecule has 1 heterocycles. The average molecular weight is 402 g/mol. The van der Waals surface area contributed by atoms with Crippen molar-refractivity contribution in [3.05, 3.63) is 64.4 Å². The molecule has 0 atom stereocenters. The quantitative estimate of drug-likeness (QED) is 0.730. The van der Waals surface area contributed by atoms with Crippen LogP contribution in [0.1, 0.15) is 35.2 Å². The largest absolute Gasteiger partial charge is 0.354 e. The van der Waals surface area contributed by atoms with Crippen LogP contribution in [-0.2, 0) is 10.2 Å². The Morgan fingerprint density at radius 1 is 1.08 bits per heavy atom. The van der Waals surface area contributed by atoms with E-state index in [0.717, 1.165) is 29.3 Å². The number of halogens is 1. The number of hydrogen-bond acceptors (Lipinski definition) is 3. The second-order valence-corrected chi connectivity index (χ2v) is 7.11. The zero-order chi connectivity index (χ0) is 17.7. The van der Waals surface area contributed by atoms with Gasteiger partial charge in [0, 0.05) is 30.0 Å². The summed E-state index contributed by atoms with van der Waals surface area (Å²) in [4.78, 5) is 28.6. The predicted octanol–water partition coefficient (Wildman–Crippen LogP) is 2.81. The van der Waals surface area contributed by atoms with Crippen LogP contribution in [0.3, 0.4) is 0 Å². The van der Waals surface area contributed by atoms with Crippen molar-refractivity contribution in [3.63, 3.8) is 0 Å². The molecule has 0 unspecified atom stereocenters. The number of nitrogens with zero attached hydrogens (tertiary/aromatic N) is 1. The highest BCUT2D eigenvalue weighted by Crippen LogP contribution is 2.44. The molecule has 2 aromatic rings. The minimum absolute atomic E-state index is 0.0386. The number of benzene rings is 1. The van der Waals surface area contributed by atoms with Gasteiger partial charge in [-0.05, 0) is 42.7 Å². The average Bonchev–Trinajstić information content (AvgIpc) is 2.60. The number of nitrogens with one attached hydrogen (secondary N) is 2. The standard InChI is InChI=1S/C19H20BrN3O2/c20-16-6-4-15(5-7-16)19(8-2-9-19)18(25)23-12-11-22-17(24)14-3-1-10-21-13-14/h1,3-7,10,13H,2,8-9,11-12H2,(H,22,24)(H,23,25). The van der Waals surface area contributed by atoms with Crippen LogP contribution < -0.4 is 10.6 Å². The van der Waals surface area contributed by atoms with E-state index < -0.39 is 5.41 Å². The van der Waals surface area contributed by atoms with Gasteiger partial charge in [-0.25, -0.2) is 0 Å². The maximum atomic E-state index is 12.7. The lowest BCUT2D eigenvalue weighted by molar-refractivity contribution is -0.129. The highest BCUT2D eigenvalue weighted by atomic mass is 79.9. The lowest BCUT2D eigenvalue weighted by atomic mass is 9.64. The lowest BCUT2D eigenvalue weighted by Gasteiger charge is -2.40. The summed E-state index contributed by atoms with van der Waals surface area (Å²) < 4.78 is 1.00. The van der Waals surface area contributed by atoms with Gasteiger partial charge in [0.1, 0.15) is 0 Å². The smallest absolute Gasteiger partial charge is 0.252 e. The van der Waals surface area contributed by atoms with Crippen molar-refractivity contribution in [1.29, 1.82) is 0 Å². The first-order valence-corrected chi connectivity index (χ1v) is 9.14. The predicted molar refractivity (Wildman–Crippen MR) is 99.3 cm³/mol. The molecule has 1 aromatic heterocycles. The van der Waals surface area contributed by atoms with E-state index in [1.807, 2.05) is 24.3 Å². The van der Waals surface area contributed by atoms with E-state index in [2.05, 4.69) is 31.5 Å². The fourth-order valence-corrected chi connectivity index (χ4v) is 3.33. The van der Waals surface area contributed by atoms with Crippen molar-refractivity contribution in [2.24, 2.45) is 0 Å². The van der Waals surface area contributed by atoms with Gasteiger partial charge in [-0.15, -0.1) is 0 Å². The summed E-state index contributed by atoms with van der Waals surface area (Å²) in [6, 6.07) is 11.4. The van der Waals surface area contributed by atoms with Crippen LogP contribution in [-0.4, -0.2) is 29.9 Å². The third-order valence-corrected chi connectivity index (χ3v) is 5.19. The molecule has 0 spiro atoms. The van der Waals surface area contributed by atoms with Gasteiger partial charge in [-0.2, -0.15) is 0 Å². The normalized spacial score (nSPS) is 15.1. The molecule has 0 saturated heterocycles. The molecule has 1 aliphatic rings. The van der Waals surface area contributed by atoms with Gasteiger partial charge < -0.3 is 10.6 Å². The second-order valence-electron chi connectivity index (χ2n) is 6.20. The third kappa shape index (κ3) is 3.90. The monoisotopic (exact) mass is 401 g/mol. The first kappa shape index (κ1) is 17.6. The Labute approximate surface area is 155 Å². The molecule has 1 saturated carbocycles. The van der Waals surface area contributed by atoms with Gasteiger partial charge in [-0.1, -0.05) is 34.5 Å². The van der Waals surface area contributed by atoms with Crippen molar-refractivity contribution in [1.82, 2.24) is 15.6 Å². The zero-order valence-corrected chi connectivity index (χ0v) is 15.4. The van der Waals surface area contributed by atoms with E-state index in [1.54, 1.807) is 18.3 Å². The maximum Gasteiger partial charge on any atom is 0.252 e. The number of amides is 2. The number of rotatable bonds is 6. The summed E-state index contributed by atoms with van der Waals surface area (Å²) >= 11 is 3.43. The molecular weight excluding hydrogens is 382 g/mol. The molecule has 1 aliphatic carbocycles. The molecule has 5 nitrogen and oxygen atoms in total. The minimum Gasteiger partial charge on any atom is -0.354 e. The van der Waals surface area contributed by atoms with Gasteiger partial charge in [0.15, 0.2) is 0 Å². The van der Waals surface area contributed by atoms with Crippen LogP contribution >= 0.6 is 15.9 Å². The number of carbonyl (C=O) groups excluding carboxylic acids is 2. The van der Waals surface area contributed by atoms with Gasteiger partial charge >= 0.3 is 0 Å². The van der Waals surface area contributed by atoms with Crippen LogP contribution in [0.2, 0.25) is 0 Å². The maximum absolute atomic E-state index is 12.7. The van der Waals surface area contributed by atoms with E-state index in [1.165, 1.54) is 6.20 Å². The number of pyridine rings is 1. The summed E-state index contributed by atoms with van der Waals surface area (Å²) in [6.45, 7) is 0.791. The Hall–Kier alpha value is -2.21. The van der Waals surface area contributed by atoms with Crippen molar-refractivity contribution in [3.8, 4) is 0 Å². The van der Waals surface area contributed by atoms with Gasteiger partial charge in [0.05, 0.1) is 11.0 Å². The Kier molecular flexibility index (Phi) is 5.48. The third-order valence-electron chi connectivity index (χ3n) is 4.66. The van der Waals surface area contributed by atoms with Gasteiger partial charge in [-0.3, -0.25) is 14.6 Å². The van der Waals surface area contributed by atoms with Gasteiger partial charge in [0.25, 0.3) is 5.91 Å². The minimum atomic E-state index is -0.423. The van der Waals surface area contributed by atoms with E-state index in [4.69, 9.17) is 0 Å². The van der Waals surface area contributed by atoms with Crippen LogP contribution in [0, 0.1) is 0 Å². The van der Waals surface area contributed by atoms with Crippen LogP contribution in [0.4, 0.5) is 0 Å². The fraction of sp³-hybridized carbons (Fsp3) is 0.316. The van der Waals surface area contributed by atoms with E-state index in [0.29, 0.717) is 18.7 Å². The Bertz CT molecular complexity index is 743. The van der Waals surface area contributed by atoms with Crippen LogP contribution in [0.25, 0.3) is 0 Å². The number of aromatic nitrogens is 1. The van der Waals surface area contributed by atoms with E-state index >= 15 is 0 Å². The Morgan fingerprint density at radius 2 is 1.80 bits per heavy atom. The molecular formula is C19H20BrN3O2. The molecule has 2 N–H and O–H groups in total. The molecule has 0 bridgehead atoms. The van der Waals surface area contributed by atoms with Crippen molar-refractivity contribution >= 4 is 27.7 Å². The summed E-state index contributed by atoms with van der Waals surface area (Å²) in [7, 11) is 0. The SMILES string of the molecule is O=C(NCCNC(=O)C1(c2ccc(Br)cc2)CCC1)c1cccnc1. The zero-order valence-electron chi connectivity index (χ0n) is 13.8. The van der Waals surface area contributed by atoms with Crippen molar-refractivity contribution in [2.75, 3.05) is 13.1 Å². The highest BCUT2D eigenvalue weighted by molar-refractivity contribution is 9.10. The number of hydrogen-bond donors (Lipinski definition) is 2. The summed E-state index contributed by atoms with van der Waals surface area (Å²) in [5.41, 5.74) is 1.15. The van der Waals surface area contributed by atoms with Crippen molar-refractivity contribution in [2.45, 2.75) is 24.7 Å². The molecule has 130 valence electrons. The first-order valence-electron chi connectivity index (χ1n) is 8.34. The molecule has 25 heavy (non-hydrogen) atoms. The lowest BCUT2D eigenvalue weighted by Crippen LogP contribution is -2.50. The van der Waals surface area contributed by atoms with Crippen LogP contribution in [0.5, 0.6) is 0 Å². The van der Waals surface area contributed by atoms with E-state index in [9.17, 15) is 9.59 Å². The topological polar surface area (TPSA) is 71.1 Å². The van der Waals surface area contributed by atoms with Gasteiger partial charge in [0.2, 0.25) is 5.91 Å². The van der Waals surface area contributed by atoms with Crippen LogP contribution in [0.15, 0.2) is 53.3 Å². The molecule has 1 aromatic carbocycles. The second kappa shape index (κ2) is 7.78. The molecule has 0 radical (unpaired) electrons. The molecule has 1 fully saturated rings. The number of carbonyl (C=O) groups is 2. The van der Waals surface area contributed by atoms with Crippen molar-refractivity contribution < 1.29 is 9.59 Å². The molecule has 0 aliphatic heterocycles. The summed E-state index contributed by atoms with van der Waals surface area (Å²) in [5, 5.41) is 5.75. The Balaban J connectivity index is 1.51. The fourth-order valence-electron chi connectivity index (χ4n) is 3.07. The first-order chi connectivity index (χ1) is 12.1. The Morgan fingerprint density at radius 3 is 2.40 bits per heavy atom. The molecule has 2 amide bonds. The summed E-state index contributed by atoms with van der Waals surface area (Å²) in [6.07, 6.45) is 5.92. The summed E-state index contributed by atoms with van der Waals surface area (Å²) in [5.74, 6) is -0.148. The highest BCUT2D eigenvalue weighted by Gasteiger charge is 2.45.